The Balaban J connectivity index is 2.59. The molecule has 26 heavy (non-hydrogen) atoms. The van der Waals surface area contributed by atoms with Gasteiger partial charge in [-0.05, 0) is 17.9 Å². The molecule has 0 bridgehead atoms. The molecule has 1 aromatic carbocycles. The van der Waals surface area contributed by atoms with Crippen LogP contribution >= 0.6 is 0 Å². The Kier molecular flexibility index (Phi) is 8.26. The highest BCUT2D eigenvalue weighted by molar-refractivity contribution is 7.90. The van der Waals surface area contributed by atoms with Crippen molar-refractivity contribution in [2.75, 3.05) is 25.6 Å². The van der Waals surface area contributed by atoms with Crippen molar-refractivity contribution in [1.82, 2.24) is 10.6 Å². The first-order valence-electron chi connectivity index (χ1n) is 8.17. The van der Waals surface area contributed by atoms with Gasteiger partial charge < -0.3 is 15.4 Å². The number of aliphatic imine (C=N–C) groups is 1. The molecule has 0 saturated carbocycles. The zero-order chi connectivity index (χ0) is 19.8. The summed E-state index contributed by atoms with van der Waals surface area (Å²) in [7, 11) is -1.41. The van der Waals surface area contributed by atoms with Crippen LogP contribution in [0.4, 0.5) is 8.78 Å². The number of sulfone groups is 1. The van der Waals surface area contributed by atoms with E-state index in [-0.39, 0.29) is 23.5 Å². The van der Waals surface area contributed by atoms with Crippen LogP contribution in [0.5, 0.6) is 5.75 Å². The Morgan fingerprint density at radius 1 is 1.27 bits per heavy atom. The van der Waals surface area contributed by atoms with Crippen LogP contribution in [-0.2, 0) is 16.4 Å². The van der Waals surface area contributed by atoms with Gasteiger partial charge in [-0.15, -0.1) is 0 Å². The molecular formula is C17H27F2N3O3S. The number of para-hydroxylation sites is 1. The van der Waals surface area contributed by atoms with Gasteiger partial charge in [-0.2, -0.15) is 8.78 Å². The van der Waals surface area contributed by atoms with Gasteiger partial charge in [-0.1, -0.05) is 32.0 Å². The molecule has 0 fully saturated rings. The summed E-state index contributed by atoms with van der Waals surface area (Å²) in [6, 6.07) is 6.53. The van der Waals surface area contributed by atoms with E-state index in [1.807, 2.05) is 13.8 Å². The molecule has 0 aromatic heterocycles. The van der Waals surface area contributed by atoms with E-state index in [2.05, 4.69) is 20.4 Å². The van der Waals surface area contributed by atoms with Gasteiger partial charge in [0.15, 0.2) is 5.96 Å². The van der Waals surface area contributed by atoms with E-state index in [0.29, 0.717) is 24.5 Å². The van der Waals surface area contributed by atoms with E-state index in [0.717, 1.165) is 0 Å². The van der Waals surface area contributed by atoms with Crippen LogP contribution in [0.3, 0.4) is 0 Å². The van der Waals surface area contributed by atoms with Gasteiger partial charge in [0, 0.05) is 32.0 Å². The Hall–Kier alpha value is -1.90. The molecule has 0 amide bonds. The third-order valence-electron chi connectivity index (χ3n) is 3.74. The molecule has 0 spiro atoms. The molecule has 0 unspecified atom stereocenters. The van der Waals surface area contributed by atoms with Crippen LogP contribution < -0.4 is 15.4 Å². The van der Waals surface area contributed by atoms with Crippen LogP contribution in [0.1, 0.15) is 25.8 Å². The fourth-order valence-corrected chi connectivity index (χ4v) is 3.06. The van der Waals surface area contributed by atoms with Crippen molar-refractivity contribution in [2.24, 2.45) is 10.4 Å². The second kappa shape index (κ2) is 9.70. The summed E-state index contributed by atoms with van der Waals surface area (Å²) in [5.74, 6) is 0.717. The van der Waals surface area contributed by atoms with Gasteiger partial charge in [-0.3, -0.25) is 4.99 Å². The van der Waals surface area contributed by atoms with E-state index >= 15 is 0 Å². The van der Waals surface area contributed by atoms with E-state index < -0.39 is 16.4 Å². The maximum absolute atomic E-state index is 12.5. The number of nitrogens with one attached hydrogen (secondary N) is 2. The Labute approximate surface area is 154 Å². The van der Waals surface area contributed by atoms with Crippen molar-refractivity contribution in [3.05, 3.63) is 29.8 Å². The first kappa shape index (κ1) is 22.1. The molecule has 0 aliphatic rings. The summed E-state index contributed by atoms with van der Waals surface area (Å²) >= 11 is 0. The van der Waals surface area contributed by atoms with Crippen LogP contribution in [0, 0.1) is 5.41 Å². The van der Waals surface area contributed by atoms with Crippen LogP contribution in [0.15, 0.2) is 29.3 Å². The fourth-order valence-electron chi connectivity index (χ4n) is 2.13. The molecule has 0 aliphatic heterocycles. The summed E-state index contributed by atoms with van der Waals surface area (Å²) in [6.07, 6.45) is 1.73. The largest absolute Gasteiger partial charge is 0.434 e. The zero-order valence-corrected chi connectivity index (χ0v) is 16.4. The predicted molar refractivity (Wildman–Crippen MR) is 99.4 cm³/mol. The lowest BCUT2D eigenvalue weighted by molar-refractivity contribution is -0.0504. The fraction of sp³-hybridized carbons (Fsp3) is 0.588. The van der Waals surface area contributed by atoms with Crippen molar-refractivity contribution in [1.29, 1.82) is 0 Å². The molecule has 1 rings (SSSR count). The molecule has 0 aliphatic carbocycles. The van der Waals surface area contributed by atoms with E-state index in [1.165, 1.54) is 12.3 Å². The number of alkyl halides is 2. The molecule has 1 aromatic rings. The number of guanidine groups is 1. The van der Waals surface area contributed by atoms with Gasteiger partial charge in [-0.25, -0.2) is 8.42 Å². The van der Waals surface area contributed by atoms with Crippen LogP contribution in [-0.4, -0.2) is 46.6 Å². The van der Waals surface area contributed by atoms with E-state index in [1.54, 1.807) is 25.2 Å². The lowest BCUT2D eigenvalue weighted by Crippen LogP contribution is -2.42. The summed E-state index contributed by atoms with van der Waals surface area (Å²) in [6.45, 7) is 1.81. The summed E-state index contributed by atoms with van der Waals surface area (Å²) < 4.78 is 52.0. The third kappa shape index (κ3) is 8.98. The Morgan fingerprint density at radius 2 is 1.92 bits per heavy atom. The molecule has 6 nitrogen and oxygen atoms in total. The average molecular weight is 391 g/mol. The minimum atomic E-state index is -3.01. The van der Waals surface area contributed by atoms with Gasteiger partial charge in [0.05, 0.1) is 5.75 Å². The minimum Gasteiger partial charge on any atom is -0.434 e. The Morgan fingerprint density at radius 3 is 2.50 bits per heavy atom. The Bertz CT molecular complexity index is 707. The third-order valence-corrected chi connectivity index (χ3v) is 4.69. The summed E-state index contributed by atoms with van der Waals surface area (Å²) in [5, 5.41) is 6.17. The molecule has 9 heteroatoms. The predicted octanol–water partition coefficient (Wildman–Crippen LogP) is 2.41. The first-order chi connectivity index (χ1) is 12.0. The van der Waals surface area contributed by atoms with Crippen molar-refractivity contribution in [3.8, 4) is 5.75 Å². The monoisotopic (exact) mass is 391 g/mol. The van der Waals surface area contributed by atoms with Crippen LogP contribution in [0.25, 0.3) is 0 Å². The van der Waals surface area contributed by atoms with E-state index in [4.69, 9.17) is 0 Å². The number of hydrogen-bond donors (Lipinski definition) is 2. The molecule has 2 N–H and O–H groups in total. The lowest BCUT2D eigenvalue weighted by atomic mass is 9.90. The number of rotatable bonds is 9. The van der Waals surface area contributed by atoms with Crippen molar-refractivity contribution in [2.45, 2.75) is 33.4 Å². The maximum Gasteiger partial charge on any atom is 0.387 e. The highest BCUT2D eigenvalue weighted by atomic mass is 32.2. The highest BCUT2D eigenvalue weighted by Gasteiger charge is 2.20. The highest BCUT2D eigenvalue weighted by Crippen LogP contribution is 2.21. The average Bonchev–Trinajstić information content (AvgIpc) is 2.53. The summed E-state index contributed by atoms with van der Waals surface area (Å²) in [5.41, 5.74) is 0.323. The van der Waals surface area contributed by atoms with E-state index in [9.17, 15) is 17.2 Å². The quantitative estimate of drug-likeness (QED) is 0.499. The van der Waals surface area contributed by atoms with Crippen molar-refractivity contribution >= 4 is 15.8 Å². The number of benzene rings is 1. The molecule has 0 heterocycles. The molecule has 0 saturated heterocycles. The number of hydrogen-bond acceptors (Lipinski definition) is 4. The molecule has 0 atom stereocenters. The number of ether oxygens (including phenoxy) is 1. The topological polar surface area (TPSA) is 79.8 Å². The first-order valence-corrected chi connectivity index (χ1v) is 10.2. The van der Waals surface area contributed by atoms with Gasteiger partial charge in [0.1, 0.15) is 15.6 Å². The second-order valence-electron chi connectivity index (χ2n) is 6.81. The zero-order valence-electron chi connectivity index (χ0n) is 15.6. The van der Waals surface area contributed by atoms with Gasteiger partial charge in [0.25, 0.3) is 0 Å². The van der Waals surface area contributed by atoms with Crippen molar-refractivity contribution in [3.63, 3.8) is 0 Å². The second-order valence-corrected chi connectivity index (χ2v) is 9.07. The summed E-state index contributed by atoms with van der Waals surface area (Å²) in [4.78, 5) is 4.09. The van der Waals surface area contributed by atoms with Crippen LogP contribution in [0.2, 0.25) is 0 Å². The molecular weight excluding hydrogens is 364 g/mol. The number of nitrogens with zero attached hydrogens (tertiary/aromatic N) is 1. The molecule has 148 valence electrons. The number of halogens is 2. The normalized spacial score (nSPS) is 13.0. The standard InChI is InChI=1S/C17H27F2N3O3S/c1-17(2,9-10-26(4,23)24)12-22-16(20-3)21-11-13-7-5-6-8-14(13)25-15(18)19/h5-8,15H,9-12H2,1-4H3,(H2,20,21,22). The SMILES string of the molecule is CN=C(NCc1ccccc1OC(F)F)NCC(C)(C)CCS(C)(=O)=O. The van der Waals surface area contributed by atoms with Gasteiger partial charge in [0.2, 0.25) is 0 Å². The minimum absolute atomic E-state index is 0.110. The lowest BCUT2D eigenvalue weighted by Gasteiger charge is -2.26. The van der Waals surface area contributed by atoms with Crippen molar-refractivity contribution < 1.29 is 21.9 Å². The molecule has 0 radical (unpaired) electrons. The van der Waals surface area contributed by atoms with Gasteiger partial charge >= 0.3 is 6.61 Å². The smallest absolute Gasteiger partial charge is 0.387 e. The maximum atomic E-state index is 12.5.